The second-order valence-corrected chi connectivity index (χ2v) is 5.20. The van der Waals surface area contributed by atoms with Gasteiger partial charge >= 0.3 is 0 Å². The molecule has 0 bridgehead atoms. The van der Waals surface area contributed by atoms with Gasteiger partial charge in [-0.05, 0) is 40.7 Å². The van der Waals surface area contributed by atoms with Gasteiger partial charge < -0.3 is 9.80 Å². The summed E-state index contributed by atoms with van der Waals surface area (Å²) in [5.74, 6) is -0.481. The first kappa shape index (κ1) is 13.5. The number of likely N-dealkylation sites (N-methyl/N-ethyl adjacent to an activating group) is 1. The Morgan fingerprint density at radius 1 is 1.33 bits per heavy atom. The summed E-state index contributed by atoms with van der Waals surface area (Å²) in [5.41, 5.74) is 0.403. The Labute approximate surface area is 115 Å². The van der Waals surface area contributed by atoms with Gasteiger partial charge in [0, 0.05) is 30.7 Å². The molecule has 1 fully saturated rings. The molecular weight excluding hydrogens is 299 g/mol. The molecule has 0 aliphatic carbocycles. The van der Waals surface area contributed by atoms with Crippen LogP contribution >= 0.6 is 15.9 Å². The van der Waals surface area contributed by atoms with Gasteiger partial charge in [-0.3, -0.25) is 4.79 Å². The van der Waals surface area contributed by atoms with Crippen LogP contribution in [0.25, 0.3) is 0 Å². The number of halogens is 2. The second-order valence-electron chi connectivity index (χ2n) is 4.35. The highest BCUT2D eigenvalue weighted by molar-refractivity contribution is 9.10. The van der Waals surface area contributed by atoms with Gasteiger partial charge in [-0.15, -0.1) is 0 Å². The van der Waals surface area contributed by atoms with Gasteiger partial charge in [-0.1, -0.05) is 6.92 Å². The van der Waals surface area contributed by atoms with E-state index in [-0.39, 0.29) is 11.7 Å². The third-order valence-corrected chi connectivity index (χ3v) is 3.96. The van der Waals surface area contributed by atoms with Crippen LogP contribution in [0.3, 0.4) is 0 Å². The lowest BCUT2D eigenvalue weighted by atomic mass is 10.1. The molecule has 2 rings (SSSR count). The quantitative estimate of drug-likeness (QED) is 0.836. The van der Waals surface area contributed by atoms with E-state index < -0.39 is 0 Å². The van der Waals surface area contributed by atoms with Crippen molar-refractivity contribution in [3.8, 4) is 0 Å². The molecule has 1 saturated heterocycles. The zero-order chi connectivity index (χ0) is 13.1. The smallest absolute Gasteiger partial charge is 0.255 e. The molecule has 0 aromatic heterocycles. The van der Waals surface area contributed by atoms with Crippen LogP contribution in [0.5, 0.6) is 0 Å². The SMILES string of the molecule is CCN1CCN(C(=O)c2cc(F)ccc2Br)CC1. The average Bonchev–Trinajstić information content (AvgIpc) is 2.41. The Balaban J connectivity index is 2.10. The lowest BCUT2D eigenvalue weighted by Crippen LogP contribution is -2.48. The minimum atomic E-state index is -0.381. The van der Waals surface area contributed by atoms with E-state index >= 15 is 0 Å². The van der Waals surface area contributed by atoms with Crippen LogP contribution in [-0.2, 0) is 0 Å². The zero-order valence-electron chi connectivity index (χ0n) is 10.3. The molecule has 0 unspecified atom stereocenters. The van der Waals surface area contributed by atoms with Crippen molar-refractivity contribution in [2.24, 2.45) is 0 Å². The van der Waals surface area contributed by atoms with Crippen molar-refractivity contribution >= 4 is 21.8 Å². The fourth-order valence-electron chi connectivity index (χ4n) is 2.10. The van der Waals surface area contributed by atoms with Gasteiger partial charge in [0.1, 0.15) is 5.82 Å². The number of nitrogens with zero attached hydrogens (tertiary/aromatic N) is 2. The molecule has 0 spiro atoms. The number of benzene rings is 1. The Hall–Kier alpha value is -0.940. The molecule has 1 aromatic rings. The van der Waals surface area contributed by atoms with Crippen LogP contribution in [-0.4, -0.2) is 48.4 Å². The number of amides is 1. The first-order valence-corrected chi connectivity index (χ1v) is 6.87. The molecule has 1 amide bonds. The van der Waals surface area contributed by atoms with Gasteiger partial charge in [-0.2, -0.15) is 0 Å². The minimum Gasteiger partial charge on any atom is -0.336 e. The molecule has 0 N–H and O–H groups in total. The zero-order valence-corrected chi connectivity index (χ0v) is 11.9. The summed E-state index contributed by atoms with van der Waals surface area (Å²) < 4.78 is 13.8. The summed E-state index contributed by atoms with van der Waals surface area (Å²) in [7, 11) is 0. The van der Waals surface area contributed by atoms with Crippen molar-refractivity contribution in [2.45, 2.75) is 6.92 Å². The fourth-order valence-corrected chi connectivity index (χ4v) is 2.52. The molecule has 1 heterocycles. The molecule has 98 valence electrons. The molecule has 0 radical (unpaired) electrons. The van der Waals surface area contributed by atoms with Crippen molar-refractivity contribution in [3.05, 3.63) is 34.1 Å². The Kier molecular flexibility index (Phi) is 4.35. The summed E-state index contributed by atoms with van der Waals surface area (Å²) in [6.07, 6.45) is 0. The average molecular weight is 315 g/mol. The first-order valence-electron chi connectivity index (χ1n) is 6.08. The molecule has 0 atom stereocenters. The Bertz CT molecular complexity index is 445. The van der Waals surface area contributed by atoms with Crippen LogP contribution in [0.4, 0.5) is 4.39 Å². The van der Waals surface area contributed by atoms with Crippen molar-refractivity contribution in [1.82, 2.24) is 9.80 Å². The second kappa shape index (κ2) is 5.80. The fraction of sp³-hybridized carbons (Fsp3) is 0.462. The minimum absolute atomic E-state index is 0.0999. The van der Waals surface area contributed by atoms with E-state index in [2.05, 4.69) is 27.8 Å². The molecule has 3 nitrogen and oxygen atoms in total. The van der Waals surface area contributed by atoms with Gasteiger partial charge in [0.2, 0.25) is 0 Å². The third kappa shape index (κ3) is 2.90. The molecule has 18 heavy (non-hydrogen) atoms. The van der Waals surface area contributed by atoms with Gasteiger partial charge in [-0.25, -0.2) is 4.39 Å². The molecule has 1 aliphatic heterocycles. The van der Waals surface area contributed by atoms with Crippen LogP contribution < -0.4 is 0 Å². The highest BCUT2D eigenvalue weighted by Crippen LogP contribution is 2.20. The third-order valence-electron chi connectivity index (χ3n) is 3.27. The Morgan fingerprint density at radius 3 is 2.61 bits per heavy atom. The highest BCUT2D eigenvalue weighted by atomic mass is 79.9. The first-order chi connectivity index (χ1) is 8.61. The van der Waals surface area contributed by atoms with Crippen molar-refractivity contribution in [2.75, 3.05) is 32.7 Å². The number of hydrogen-bond donors (Lipinski definition) is 0. The van der Waals surface area contributed by atoms with Crippen LogP contribution in [0.1, 0.15) is 17.3 Å². The lowest BCUT2D eigenvalue weighted by Gasteiger charge is -2.34. The normalized spacial score (nSPS) is 16.9. The summed E-state index contributed by atoms with van der Waals surface area (Å²) in [6, 6.07) is 4.21. The van der Waals surface area contributed by atoms with Crippen molar-refractivity contribution in [3.63, 3.8) is 0 Å². The largest absolute Gasteiger partial charge is 0.336 e. The molecule has 5 heteroatoms. The van der Waals surface area contributed by atoms with Crippen LogP contribution in [0.2, 0.25) is 0 Å². The van der Waals surface area contributed by atoms with Gasteiger partial charge in [0.25, 0.3) is 5.91 Å². The molecule has 1 aromatic carbocycles. The Morgan fingerprint density at radius 2 is 2.00 bits per heavy atom. The lowest BCUT2D eigenvalue weighted by molar-refractivity contribution is 0.0642. The number of rotatable bonds is 2. The van der Waals surface area contributed by atoms with E-state index in [1.165, 1.54) is 12.1 Å². The number of carbonyl (C=O) groups excluding carboxylic acids is 1. The van der Waals surface area contributed by atoms with Crippen LogP contribution in [0.15, 0.2) is 22.7 Å². The maximum Gasteiger partial charge on any atom is 0.255 e. The monoisotopic (exact) mass is 314 g/mol. The highest BCUT2D eigenvalue weighted by Gasteiger charge is 2.22. The van der Waals surface area contributed by atoms with Gasteiger partial charge in [0.05, 0.1) is 5.56 Å². The summed E-state index contributed by atoms with van der Waals surface area (Å²) >= 11 is 3.30. The molecular formula is C13H16BrFN2O. The standard InChI is InChI=1S/C13H16BrFN2O/c1-2-16-5-7-17(8-6-16)13(18)11-9-10(15)3-4-12(11)14/h3-4,9H,2,5-8H2,1H3. The van der Waals surface area contributed by atoms with Crippen molar-refractivity contribution < 1.29 is 9.18 Å². The van der Waals surface area contributed by atoms with E-state index in [1.807, 2.05) is 0 Å². The summed E-state index contributed by atoms with van der Waals surface area (Å²) in [4.78, 5) is 16.4. The predicted molar refractivity (Wildman–Crippen MR) is 72.1 cm³/mol. The van der Waals surface area contributed by atoms with Crippen molar-refractivity contribution in [1.29, 1.82) is 0 Å². The van der Waals surface area contributed by atoms with Crippen LogP contribution in [0, 0.1) is 5.82 Å². The molecule has 1 aliphatic rings. The van der Waals surface area contributed by atoms with E-state index in [0.717, 1.165) is 19.6 Å². The van der Waals surface area contributed by atoms with E-state index in [4.69, 9.17) is 0 Å². The number of carbonyl (C=O) groups is 1. The summed E-state index contributed by atoms with van der Waals surface area (Å²) in [5, 5.41) is 0. The maximum atomic E-state index is 13.2. The topological polar surface area (TPSA) is 23.6 Å². The number of piperazine rings is 1. The van der Waals surface area contributed by atoms with Gasteiger partial charge in [0.15, 0.2) is 0 Å². The predicted octanol–water partition coefficient (Wildman–Crippen LogP) is 2.37. The molecule has 0 saturated carbocycles. The maximum absolute atomic E-state index is 13.2. The van der Waals surface area contributed by atoms with E-state index in [9.17, 15) is 9.18 Å². The number of hydrogen-bond acceptors (Lipinski definition) is 2. The van der Waals surface area contributed by atoms with E-state index in [0.29, 0.717) is 23.1 Å². The summed E-state index contributed by atoms with van der Waals surface area (Å²) in [6.45, 7) is 6.29. The van der Waals surface area contributed by atoms with E-state index in [1.54, 1.807) is 11.0 Å².